The molecule has 1 N–H and O–H groups in total. The molecule has 0 amide bonds. The van der Waals surface area contributed by atoms with Crippen LogP contribution in [0.5, 0.6) is 5.75 Å². The molecule has 2 unspecified atom stereocenters. The first-order valence-corrected chi connectivity index (χ1v) is 8.95. The van der Waals surface area contributed by atoms with E-state index in [9.17, 15) is 13.2 Å². The van der Waals surface area contributed by atoms with Crippen molar-refractivity contribution >= 4 is 0 Å². The zero-order chi connectivity index (χ0) is 20.2. The summed E-state index contributed by atoms with van der Waals surface area (Å²) in [6.45, 7) is 8.71. The molecule has 1 fully saturated rings. The van der Waals surface area contributed by atoms with Crippen LogP contribution in [0.1, 0.15) is 38.7 Å². The van der Waals surface area contributed by atoms with E-state index in [0.29, 0.717) is 28.7 Å². The summed E-state index contributed by atoms with van der Waals surface area (Å²) >= 11 is 0. The molecule has 3 rings (SSSR count). The van der Waals surface area contributed by atoms with Gasteiger partial charge in [-0.15, -0.1) is 0 Å². The molecule has 1 aliphatic heterocycles. The number of alkyl halides is 3. The second kappa shape index (κ2) is 8.21. The van der Waals surface area contributed by atoms with Crippen molar-refractivity contribution in [3.05, 3.63) is 35.9 Å². The lowest BCUT2D eigenvalue weighted by molar-refractivity contribution is -0.232. The highest BCUT2D eigenvalue weighted by atomic mass is 19.4. The Balaban J connectivity index is 0.00000126. The summed E-state index contributed by atoms with van der Waals surface area (Å²) in [5.41, 5.74) is -0.195. The third-order valence-electron chi connectivity index (χ3n) is 4.27. The number of aromatic nitrogens is 3. The van der Waals surface area contributed by atoms with Gasteiger partial charge in [-0.3, -0.25) is 5.32 Å². The molecular weight excluding hydrogens is 357 g/mol. The number of hydrogen-bond donors (Lipinski definition) is 1. The molecule has 1 saturated heterocycles. The standard InChI is InChI=1S/C17H19F3N4O.C2H6/c1-10-8-16(24-10,17(18,19)20)9-25-15-5-4-13(22-11(15)2)14-6-7-21-12(3)23-14;1-2/h4-7,10,24H,8-9H2,1-3H3;1-2H3. The topological polar surface area (TPSA) is 59.9 Å². The summed E-state index contributed by atoms with van der Waals surface area (Å²) in [6.07, 6.45) is -2.73. The summed E-state index contributed by atoms with van der Waals surface area (Å²) in [5, 5.41) is 2.54. The molecule has 148 valence electrons. The maximum Gasteiger partial charge on any atom is 0.409 e. The Labute approximate surface area is 157 Å². The summed E-state index contributed by atoms with van der Waals surface area (Å²) in [4.78, 5) is 12.7. The van der Waals surface area contributed by atoms with Crippen molar-refractivity contribution in [3.63, 3.8) is 0 Å². The van der Waals surface area contributed by atoms with Crippen LogP contribution in [0, 0.1) is 13.8 Å². The summed E-state index contributed by atoms with van der Waals surface area (Å²) < 4.78 is 45.3. The van der Waals surface area contributed by atoms with Crippen LogP contribution < -0.4 is 10.1 Å². The van der Waals surface area contributed by atoms with Gasteiger partial charge in [0, 0.05) is 12.2 Å². The van der Waals surface area contributed by atoms with Gasteiger partial charge in [-0.1, -0.05) is 13.8 Å². The predicted octanol–water partition coefficient (Wildman–Crippen LogP) is 4.24. The Hall–Kier alpha value is -2.22. The maximum absolute atomic E-state index is 13.3. The zero-order valence-electron chi connectivity index (χ0n) is 16.2. The Morgan fingerprint density at radius 1 is 1.15 bits per heavy atom. The number of halogens is 3. The zero-order valence-corrected chi connectivity index (χ0v) is 16.2. The molecule has 2 aromatic rings. The molecule has 3 heterocycles. The van der Waals surface area contributed by atoms with E-state index in [1.54, 1.807) is 45.2 Å². The summed E-state index contributed by atoms with van der Waals surface area (Å²) in [5.74, 6) is 0.953. The molecular formula is C19H25F3N4O. The van der Waals surface area contributed by atoms with E-state index in [4.69, 9.17) is 4.74 Å². The molecule has 1 aliphatic rings. The fourth-order valence-corrected chi connectivity index (χ4v) is 3.00. The van der Waals surface area contributed by atoms with Crippen molar-refractivity contribution in [3.8, 4) is 17.1 Å². The van der Waals surface area contributed by atoms with Crippen molar-refractivity contribution in [2.24, 2.45) is 0 Å². The molecule has 0 saturated carbocycles. The number of pyridine rings is 1. The molecule has 0 aromatic carbocycles. The van der Waals surface area contributed by atoms with Crippen molar-refractivity contribution in [1.29, 1.82) is 0 Å². The van der Waals surface area contributed by atoms with Gasteiger partial charge in [-0.25, -0.2) is 15.0 Å². The third kappa shape index (κ3) is 4.55. The fourth-order valence-electron chi connectivity index (χ4n) is 3.00. The first kappa shape index (κ1) is 21.1. The first-order valence-electron chi connectivity index (χ1n) is 8.95. The second-order valence-electron chi connectivity index (χ2n) is 6.39. The number of aryl methyl sites for hydroxylation is 2. The molecule has 0 radical (unpaired) electrons. The molecule has 2 atom stereocenters. The molecule has 5 nitrogen and oxygen atoms in total. The Morgan fingerprint density at radius 3 is 2.30 bits per heavy atom. The van der Waals surface area contributed by atoms with Crippen molar-refractivity contribution < 1.29 is 17.9 Å². The SMILES string of the molecule is CC.Cc1nccc(-c2ccc(OCC3(C(F)(F)F)CC(C)N3)c(C)n2)n1. The maximum atomic E-state index is 13.3. The molecule has 27 heavy (non-hydrogen) atoms. The van der Waals surface area contributed by atoms with Gasteiger partial charge in [0.15, 0.2) is 5.54 Å². The van der Waals surface area contributed by atoms with Crippen LogP contribution in [0.15, 0.2) is 24.4 Å². The number of ether oxygens (including phenoxy) is 1. The van der Waals surface area contributed by atoms with Gasteiger partial charge >= 0.3 is 6.18 Å². The average Bonchev–Trinajstić information content (AvgIpc) is 2.59. The lowest BCUT2D eigenvalue weighted by Crippen LogP contribution is -2.72. The van der Waals surface area contributed by atoms with E-state index < -0.39 is 18.3 Å². The molecule has 0 bridgehead atoms. The van der Waals surface area contributed by atoms with E-state index in [0.717, 1.165) is 0 Å². The largest absolute Gasteiger partial charge is 0.489 e. The van der Waals surface area contributed by atoms with E-state index in [-0.39, 0.29) is 12.5 Å². The highest BCUT2D eigenvalue weighted by Crippen LogP contribution is 2.40. The van der Waals surface area contributed by atoms with Gasteiger partial charge in [-0.2, -0.15) is 13.2 Å². The third-order valence-corrected chi connectivity index (χ3v) is 4.27. The smallest absolute Gasteiger partial charge is 0.409 e. The lowest BCUT2D eigenvalue weighted by Gasteiger charge is -2.48. The average molecular weight is 382 g/mol. The number of rotatable bonds is 4. The monoisotopic (exact) mass is 382 g/mol. The predicted molar refractivity (Wildman–Crippen MR) is 97.6 cm³/mol. The van der Waals surface area contributed by atoms with E-state index in [2.05, 4.69) is 20.3 Å². The quantitative estimate of drug-likeness (QED) is 0.857. The minimum absolute atomic E-state index is 0.00126. The van der Waals surface area contributed by atoms with Crippen LogP contribution in [0.2, 0.25) is 0 Å². The highest BCUT2D eigenvalue weighted by molar-refractivity contribution is 5.55. The van der Waals surface area contributed by atoms with Crippen LogP contribution in [0.3, 0.4) is 0 Å². The van der Waals surface area contributed by atoms with Crippen molar-refractivity contribution in [2.75, 3.05) is 6.61 Å². The van der Waals surface area contributed by atoms with Crippen LogP contribution in [0.25, 0.3) is 11.4 Å². The van der Waals surface area contributed by atoms with Crippen LogP contribution in [0.4, 0.5) is 13.2 Å². The fraction of sp³-hybridized carbons (Fsp3) is 0.526. The van der Waals surface area contributed by atoms with Crippen LogP contribution in [-0.2, 0) is 0 Å². The summed E-state index contributed by atoms with van der Waals surface area (Å²) in [6, 6.07) is 4.86. The van der Waals surface area contributed by atoms with Crippen molar-refractivity contribution in [1.82, 2.24) is 20.3 Å². The van der Waals surface area contributed by atoms with E-state index >= 15 is 0 Å². The van der Waals surface area contributed by atoms with E-state index in [1.165, 1.54) is 0 Å². The Bertz CT molecular complexity index is 774. The van der Waals surface area contributed by atoms with Crippen molar-refractivity contribution in [2.45, 2.75) is 58.8 Å². The highest BCUT2D eigenvalue weighted by Gasteiger charge is 2.61. The number of hydrogen-bond acceptors (Lipinski definition) is 5. The number of nitrogens with zero attached hydrogens (tertiary/aromatic N) is 3. The minimum atomic E-state index is -4.36. The molecule has 8 heteroatoms. The molecule has 0 aliphatic carbocycles. The lowest BCUT2D eigenvalue weighted by atomic mass is 9.82. The Morgan fingerprint density at radius 2 is 1.78 bits per heavy atom. The molecule has 0 spiro atoms. The molecule has 2 aromatic heterocycles. The summed E-state index contributed by atoms with van der Waals surface area (Å²) in [7, 11) is 0. The van der Waals surface area contributed by atoms with Crippen LogP contribution >= 0.6 is 0 Å². The normalized spacial score (nSPS) is 21.7. The minimum Gasteiger partial charge on any atom is -0.489 e. The first-order chi connectivity index (χ1) is 12.7. The van der Waals surface area contributed by atoms with Gasteiger partial charge < -0.3 is 4.74 Å². The van der Waals surface area contributed by atoms with Crippen LogP contribution in [-0.4, -0.2) is 39.3 Å². The van der Waals surface area contributed by atoms with E-state index in [1.807, 2.05) is 13.8 Å². The van der Waals surface area contributed by atoms with Gasteiger partial charge in [0.2, 0.25) is 0 Å². The second-order valence-corrected chi connectivity index (χ2v) is 6.39. The Kier molecular flexibility index (Phi) is 6.41. The van der Waals surface area contributed by atoms with Gasteiger partial charge in [0.05, 0.1) is 17.1 Å². The van der Waals surface area contributed by atoms with Gasteiger partial charge in [0.1, 0.15) is 18.2 Å². The van der Waals surface area contributed by atoms with Gasteiger partial charge in [0.25, 0.3) is 0 Å². The number of nitrogens with one attached hydrogen (secondary N) is 1. The van der Waals surface area contributed by atoms with Gasteiger partial charge in [-0.05, 0) is 45.4 Å².